The SMILES string of the molecule is CCOc1cc(/C=C2\SC(=O)N(CC(=O)Nc3ccc(F)cc3)C2=O)ccc1OCc1ccccc1. The zero-order valence-electron chi connectivity index (χ0n) is 19.4. The van der Waals surface area contributed by atoms with Crippen LogP contribution in [0.3, 0.4) is 0 Å². The minimum Gasteiger partial charge on any atom is -0.490 e. The minimum atomic E-state index is -0.568. The molecule has 1 fully saturated rings. The van der Waals surface area contributed by atoms with Crippen LogP contribution in [0.15, 0.2) is 77.7 Å². The maximum Gasteiger partial charge on any atom is 0.294 e. The molecule has 1 heterocycles. The number of amides is 3. The van der Waals surface area contributed by atoms with Crippen molar-refractivity contribution in [2.45, 2.75) is 13.5 Å². The number of halogens is 1. The van der Waals surface area contributed by atoms with Crippen molar-refractivity contribution in [1.82, 2.24) is 4.90 Å². The van der Waals surface area contributed by atoms with Gasteiger partial charge in [0.2, 0.25) is 5.91 Å². The van der Waals surface area contributed by atoms with Gasteiger partial charge in [0.1, 0.15) is 19.0 Å². The van der Waals surface area contributed by atoms with E-state index in [9.17, 15) is 18.8 Å². The molecule has 9 heteroatoms. The fourth-order valence-corrected chi connectivity index (χ4v) is 4.24. The first-order valence-corrected chi connectivity index (χ1v) is 12.0. The number of benzene rings is 3. The van der Waals surface area contributed by atoms with Crippen LogP contribution >= 0.6 is 11.8 Å². The number of imide groups is 1. The van der Waals surface area contributed by atoms with Gasteiger partial charge in [0.25, 0.3) is 11.1 Å². The van der Waals surface area contributed by atoms with Crippen molar-refractivity contribution in [3.8, 4) is 11.5 Å². The summed E-state index contributed by atoms with van der Waals surface area (Å²) in [7, 11) is 0. The van der Waals surface area contributed by atoms with Crippen molar-refractivity contribution < 1.29 is 28.2 Å². The second-order valence-corrected chi connectivity index (χ2v) is 8.73. The number of thioether (sulfide) groups is 1. The summed E-state index contributed by atoms with van der Waals surface area (Å²) in [6, 6.07) is 20.2. The first-order valence-electron chi connectivity index (χ1n) is 11.2. The van der Waals surface area contributed by atoms with E-state index < -0.39 is 29.4 Å². The first-order chi connectivity index (χ1) is 17.4. The maximum atomic E-state index is 13.0. The molecule has 4 rings (SSSR count). The lowest BCUT2D eigenvalue weighted by atomic mass is 10.1. The third-order valence-electron chi connectivity index (χ3n) is 5.11. The fourth-order valence-electron chi connectivity index (χ4n) is 3.40. The zero-order chi connectivity index (χ0) is 25.5. The molecule has 0 radical (unpaired) electrons. The maximum absolute atomic E-state index is 13.0. The van der Waals surface area contributed by atoms with Crippen molar-refractivity contribution in [1.29, 1.82) is 0 Å². The number of hydrogen-bond acceptors (Lipinski definition) is 6. The van der Waals surface area contributed by atoms with E-state index in [1.807, 2.05) is 37.3 Å². The molecule has 0 aliphatic carbocycles. The minimum absolute atomic E-state index is 0.190. The van der Waals surface area contributed by atoms with Crippen LogP contribution in [0.1, 0.15) is 18.1 Å². The van der Waals surface area contributed by atoms with E-state index in [4.69, 9.17) is 9.47 Å². The molecule has 1 aliphatic heterocycles. The van der Waals surface area contributed by atoms with Crippen LogP contribution < -0.4 is 14.8 Å². The van der Waals surface area contributed by atoms with Gasteiger partial charge < -0.3 is 14.8 Å². The number of hydrogen-bond donors (Lipinski definition) is 1. The summed E-state index contributed by atoms with van der Waals surface area (Å²) >= 11 is 0.755. The average molecular weight is 507 g/mol. The summed E-state index contributed by atoms with van der Waals surface area (Å²) in [6.45, 7) is 2.20. The Morgan fingerprint density at radius 2 is 1.75 bits per heavy atom. The van der Waals surface area contributed by atoms with Gasteiger partial charge in [0.05, 0.1) is 11.5 Å². The largest absolute Gasteiger partial charge is 0.490 e. The number of anilines is 1. The molecule has 0 aromatic heterocycles. The molecule has 3 aromatic carbocycles. The molecule has 0 bridgehead atoms. The molecule has 1 aliphatic rings. The molecule has 0 spiro atoms. The van der Waals surface area contributed by atoms with E-state index in [1.54, 1.807) is 24.3 Å². The molecule has 1 N–H and O–H groups in total. The number of carbonyl (C=O) groups is 3. The number of carbonyl (C=O) groups excluding carboxylic acids is 3. The number of nitrogens with zero attached hydrogens (tertiary/aromatic N) is 1. The number of rotatable bonds is 9. The van der Waals surface area contributed by atoms with Crippen LogP contribution in [-0.2, 0) is 16.2 Å². The van der Waals surface area contributed by atoms with Crippen molar-refractivity contribution >= 4 is 40.6 Å². The van der Waals surface area contributed by atoms with Crippen LogP contribution in [0, 0.1) is 5.82 Å². The zero-order valence-corrected chi connectivity index (χ0v) is 20.2. The van der Waals surface area contributed by atoms with Crippen molar-refractivity contribution in [3.05, 3.63) is 94.6 Å². The van der Waals surface area contributed by atoms with Crippen LogP contribution in [0.2, 0.25) is 0 Å². The van der Waals surface area contributed by atoms with Crippen LogP contribution in [-0.4, -0.2) is 35.1 Å². The monoisotopic (exact) mass is 506 g/mol. The van der Waals surface area contributed by atoms with Gasteiger partial charge in [0, 0.05) is 5.69 Å². The van der Waals surface area contributed by atoms with Gasteiger partial charge in [-0.25, -0.2) is 4.39 Å². The molecule has 1 saturated heterocycles. The van der Waals surface area contributed by atoms with E-state index in [-0.39, 0.29) is 4.91 Å². The number of nitrogens with one attached hydrogen (secondary N) is 1. The Morgan fingerprint density at radius 1 is 1.00 bits per heavy atom. The lowest BCUT2D eigenvalue weighted by Crippen LogP contribution is -2.36. The predicted octanol–water partition coefficient (Wildman–Crippen LogP) is 5.48. The van der Waals surface area contributed by atoms with Gasteiger partial charge in [-0.1, -0.05) is 36.4 Å². The second-order valence-electron chi connectivity index (χ2n) is 7.74. The molecular formula is C27H23FN2O5S. The van der Waals surface area contributed by atoms with E-state index in [0.29, 0.717) is 36.0 Å². The van der Waals surface area contributed by atoms with E-state index in [0.717, 1.165) is 22.2 Å². The molecule has 0 saturated carbocycles. The Labute approximate surface area is 211 Å². The Kier molecular flexibility index (Phi) is 8.02. The van der Waals surface area contributed by atoms with Crippen molar-refractivity contribution in [2.75, 3.05) is 18.5 Å². The molecule has 0 unspecified atom stereocenters. The lowest BCUT2D eigenvalue weighted by molar-refractivity contribution is -0.127. The highest BCUT2D eigenvalue weighted by molar-refractivity contribution is 8.18. The second kappa shape index (κ2) is 11.5. The summed E-state index contributed by atoms with van der Waals surface area (Å²) in [5.41, 5.74) is 2.02. The normalized spacial score (nSPS) is 14.3. The average Bonchev–Trinajstić information content (AvgIpc) is 3.13. The van der Waals surface area contributed by atoms with Gasteiger partial charge in [-0.05, 0) is 72.3 Å². The van der Waals surface area contributed by atoms with Crippen molar-refractivity contribution in [3.63, 3.8) is 0 Å². The van der Waals surface area contributed by atoms with E-state index in [2.05, 4.69) is 5.32 Å². The highest BCUT2D eigenvalue weighted by atomic mass is 32.2. The third-order valence-corrected chi connectivity index (χ3v) is 6.01. The Hall–Kier alpha value is -4.11. The Morgan fingerprint density at radius 3 is 2.47 bits per heavy atom. The van der Waals surface area contributed by atoms with Crippen LogP contribution in [0.4, 0.5) is 14.9 Å². The highest BCUT2D eigenvalue weighted by Gasteiger charge is 2.36. The number of ether oxygens (including phenoxy) is 2. The fraction of sp³-hybridized carbons (Fsp3) is 0.148. The van der Waals surface area contributed by atoms with Gasteiger partial charge in [-0.15, -0.1) is 0 Å². The van der Waals surface area contributed by atoms with E-state index >= 15 is 0 Å². The lowest BCUT2D eigenvalue weighted by Gasteiger charge is -2.13. The predicted molar refractivity (Wildman–Crippen MR) is 136 cm³/mol. The van der Waals surface area contributed by atoms with Gasteiger partial charge >= 0.3 is 0 Å². The molecule has 184 valence electrons. The molecule has 3 amide bonds. The van der Waals surface area contributed by atoms with Gasteiger partial charge in [-0.3, -0.25) is 19.3 Å². The molecule has 0 atom stereocenters. The topological polar surface area (TPSA) is 84.9 Å². The van der Waals surface area contributed by atoms with Gasteiger partial charge in [0.15, 0.2) is 11.5 Å². The Bertz CT molecular complexity index is 1300. The molecule has 7 nitrogen and oxygen atoms in total. The Balaban J connectivity index is 1.44. The summed E-state index contributed by atoms with van der Waals surface area (Å²) in [6.07, 6.45) is 1.58. The summed E-state index contributed by atoms with van der Waals surface area (Å²) in [4.78, 5) is 38.6. The molecular weight excluding hydrogens is 483 g/mol. The van der Waals surface area contributed by atoms with Crippen LogP contribution in [0.25, 0.3) is 6.08 Å². The van der Waals surface area contributed by atoms with E-state index in [1.165, 1.54) is 24.3 Å². The summed E-state index contributed by atoms with van der Waals surface area (Å²) in [5.74, 6) is -0.499. The highest BCUT2D eigenvalue weighted by Crippen LogP contribution is 2.35. The third kappa shape index (κ3) is 6.31. The summed E-state index contributed by atoms with van der Waals surface area (Å²) in [5, 5.41) is 1.99. The first kappa shape index (κ1) is 25.0. The molecule has 36 heavy (non-hydrogen) atoms. The van der Waals surface area contributed by atoms with Crippen molar-refractivity contribution in [2.24, 2.45) is 0 Å². The molecule has 3 aromatic rings. The standard InChI is InChI=1S/C27H23FN2O5S/c1-2-34-23-14-19(8-13-22(23)35-17-18-6-4-3-5-7-18)15-24-26(32)30(27(33)36-24)16-25(31)29-21-11-9-20(28)10-12-21/h3-15H,2,16-17H2,1H3,(H,29,31)/b24-15-. The van der Waals surface area contributed by atoms with Gasteiger partial charge in [-0.2, -0.15) is 0 Å². The summed E-state index contributed by atoms with van der Waals surface area (Å²) < 4.78 is 24.7. The quantitative estimate of drug-likeness (QED) is 0.387. The smallest absolute Gasteiger partial charge is 0.294 e. The van der Waals surface area contributed by atoms with Crippen LogP contribution in [0.5, 0.6) is 11.5 Å².